The van der Waals surface area contributed by atoms with E-state index in [1.165, 1.54) is 13.2 Å². The van der Waals surface area contributed by atoms with Crippen molar-refractivity contribution >= 4 is 27.9 Å². The lowest BCUT2D eigenvalue weighted by Gasteiger charge is -2.07. The van der Waals surface area contributed by atoms with Crippen molar-refractivity contribution in [3.8, 4) is 5.75 Å². The van der Waals surface area contributed by atoms with Crippen LogP contribution in [0.5, 0.6) is 5.75 Å². The molecule has 0 saturated carbocycles. The van der Waals surface area contributed by atoms with Crippen molar-refractivity contribution in [1.82, 2.24) is 0 Å². The van der Waals surface area contributed by atoms with Gasteiger partial charge in [-0.15, -0.1) is 0 Å². The van der Waals surface area contributed by atoms with Gasteiger partial charge in [0.2, 0.25) is 0 Å². The standard InChI is InChI=1S/C11H11BrO5/c1-16-10(13)4-5-17-7-2-3-9(12)8(6-7)11(14)15/h2-3,6H,4-5H2,1H3,(H,14,15). The molecule has 0 bridgehead atoms. The Morgan fingerprint density at radius 1 is 1.41 bits per heavy atom. The predicted molar refractivity (Wildman–Crippen MR) is 63.2 cm³/mol. The molecule has 0 heterocycles. The molecule has 0 fully saturated rings. The second-order valence-electron chi connectivity index (χ2n) is 3.12. The lowest BCUT2D eigenvalue weighted by molar-refractivity contribution is -0.141. The van der Waals surface area contributed by atoms with Gasteiger partial charge in [-0.05, 0) is 34.1 Å². The maximum absolute atomic E-state index is 10.8. The van der Waals surface area contributed by atoms with E-state index in [9.17, 15) is 9.59 Å². The number of carbonyl (C=O) groups excluding carboxylic acids is 1. The van der Waals surface area contributed by atoms with Gasteiger partial charge >= 0.3 is 11.9 Å². The summed E-state index contributed by atoms with van der Waals surface area (Å²) in [4.78, 5) is 21.7. The molecule has 0 radical (unpaired) electrons. The number of carboxylic acids is 1. The molecule has 1 aromatic rings. The van der Waals surface area contributed by atoms with E-state index in [-0.39, 0.29) is 24.6 Å². The van der Waals surface area contributed by atoms with Crippen molar-refractivity contribution < 1.29 is 24.2 Å². The van der Waals surface area contributed by atoms with Crippen LogP contribution in [0, 0.1) is 0 Å². The van der Waals surface area contributed by atoms with Crippen LogP contribution in [0.25, 0.3) is 0 Å². The predicted octanol–water partition coefficient (Wildman–Crippen LogP) is 2.09. The highest BCUT2D eigenvalue weighted by Crippen LogP contribution is 2.22. The Labute approximate surface area is 106 Å². The van der Waals surface area contributed by atoms with Crippen molar-refractivity contribution in [3.05, 3.63) is 28.2 Å². The van der Waals surface area contributed by atoms with Crippen LogP contribution < -0.4 is 4.74 Å². The van der Waals surface area contributed by atoms with Gasteiger partial charge in [0.1, 0.15) is 5.75 Å². The van der Waals surface area contributed by atoms with Crippen LogP contribution in [0.3, 0.4) is 0 Å². The average Bonchev–Trinajstić information content (AvgIpc) is 2.30. The summed E-state index contributed by atoms with van der Waals surface area (Å²) in [6.07, 6.45) is 0.120. The molecule has 0 aliphatic rings. The molecule has 1 aromatic carbocycles. The van der Waals surface area contributed by atoms with E-state index in [2.05, 4.69) is 20.7 Å². The summed E-state index contributed by atoms with van der Waals surface area (Å²) in [6, 6.07) is 4.59. The Morgan fingerprint density at radius 3 is 2.71 bits per heavy atom. The summed E-state index contributed by atoms with van der Waals surface area (Å²) in [7, 11) is 1.30. The molecule has 0 amide bonds. The Bertz CT molecular complexity index is 430. The van der Waals surface area contributed by atoms with Gasteiger partial charge in [-0.25, -0.2) is 4.79 Å². The molecule has 6 heteroatoms. The monoisotopic (exact) mass is 302 g/mol. The molecular weight excluding hydrogens is 292 g/mol. The second-order valence-corrected chi connectivity index (χ2v) is 3.98. The molecular formula is C11H11BrO5. The summed E-state index contributed by atoms with van der Waals surface area (Å²) in [6.45, 7) is 0.146. The molecule has 1 N–H and O–H groups in total. The number of halogens is 1. The number of ether oxygens (including phenoxy) is 2. The largest absolute Gasteiger partial charge is 0.493 e. The molecule has 0 spiro atoms. The molecule has 0 aliphatic carbocycles. The van der Waals surface area contributed by atoms with E-state index in [4.69, 9.17) is 9.84 Å². The van der Waals surface area contributed by atoms with Crippen LogP contribution in [-0.4, -0.2) is 30.8 Å². The molecule has 0 saturated heterocycles. The van der Waals surface area contributed by atoms with Gasteiger partial charge in [0.05, 0.1) is 25.7 Å². The number of aromatic carboxylic acids is 1. The summed E-state index contributed by atoms with van der Waals surface area (Å²) in [5.74, 6) is -1.02. The van der Waals surface area contributed by atoms with E-state index in [1.54, 1.807) is 12.1 Å². The van der Waals surface area contributed by atoms with Crippen LogP contribution in [0.2, 0.25) is 0 Å². The van der Waals surface area contributed by atoms with Crippen molar-refractivity contribution in [2.45, 2.75) is 6.42 Å². The topological polar surface area (TPSA) is 72.8 Å². The van der Waals surface area contributed by atoms with E-state index in [0.29, 0.717) is 10.2 Å². The van der Waals surface area contributed by atoms with Crippen LogP contribution in [0.1, 0.15) is 16.8 Å². The van der Waals surface area contributed by atoms with E-state index in [0.717, 1.165) is 0 Å². The minimum atomic E-state index is -1.05. The van der Waals surface area contributed by atoms with Crippen molar-refractivity contribution in [2.75, 3.05) is 13.7 Å². The maximum atomic E-state index is 10.8. The first-order valence-corrected chi connectivity index (χ1v) is 5.56. The zero-order chi connectivity index (χ0) is 12.8. The number of esters is 1. The minimum Gasteiger partial charge on any atom is -0.493 e. The van der Waals surface area contributed by atoms with Gasteiger partial charge in [0.25, 0.3) is 0 Å². The number of carboxylic acid groups (broad SMARTS) is 1. The first kappa shape index (κ1) is 13.5. The highest BCUT2D eigenvalue weighted by molar-refractivity contribution is 9.10. The molecule has 0 atom stereocenters. The second kappa shape index (κ2) is 6.24. The van der Waals surface area contributed by atoms with Gasteiger partial charge in [0.15, 0.2) is 0 Å². The van der Waals surface area contributed by atoms with Gasteiger partial charge < -0.3 is 14.6 Å². The third kappa shape index (κ3) is 4.07. The molecule has 0 aromatic heterocycles. The summed E-state index contributed by atoms with van der Waals surface area (Å²) < 4.78 is 10.2. The van der Waals surface area contributed by atoms with Gasteiger partial charge in [-0.1, -0.05) is 0 Å². The molecule has 0 unspecified atom stereocenters. The van der Waals surface area contributed by atoms with E-state index in [1.807, 2.05) is 0 Å². The number of hydrogen-bond donors (Lipinski definition) is 1. The van der Waals surface area contributed by atoms with Crippen LogP contribution >= 0.6 is 15.9 Å². The van der Waals surface area contributed by atoms with Gasteiger partial charge in [-0.2, -0.15) is 0 Å². The summed E-state index contributed by atoms with van der Waals surface area (Å²) >= 11 is 3.12. The first-order chi connectivity index (χ1) is 8.04. The quantitative estimate of drug-likeness (QED) is 0.843. The SMILES string of the molecule is COC(=O)CCOc1ccc(Br)c(C(=O)O)c1. The van der Waals surface area contributed by atoms with Gasteiger partial charge in [-0.3, -0.25) is 4.79 Å². The lowest BCUT2D eigenvalue weighted by Crippen LogP contribution is -2.08. The highest BCUT2D eigenvalue weighted by Gasteiger charge is 2.09. The summed E-state index contributed by atoms with van der Waals surface area (Å²) in [5.41, 5.74) is 0.112. The molecule has 1 rings (SSSR count). The number of rotatable bonds is 5. The minimum absolute atomic E-state index is 0.112. The number of hydrogen-bond acceptors (Lipinski definition) is 4. The van der Waals surface area contributed by atoms with Crippen molar-refractivity contribution in [2.24, 2.45) is 0 Å². The smallest absolute Gasteiger partial charge is 0.336 e. The van der Waals surface area contributed by atoms with Crippen molar-refractivity contribution in [3.63, 3.8) is 0 Å². The fourth-order valence-electron chi connectivity index (χ4n) is 1.11. The number of benzene rings is 1. The van der Waals surface area contributed by atoms with Gasteiger partial charge in [0, 0.05) is 4.47 Å². The Balaban J connectivity index is 2.63. The zero-order valence-electron chi connectivity index (χ0n) is 9.10. The zero-order valence-corrected chi connectivity index (χ0v) is 10.7. The molecule has 17 heavy (non-hydrogen) atoms. The number of carbonyl (C=O) groups is 2. The van der Waals surface area contributed by atoms with Crippen LogP contribution in [0.4, 0.5) is 0 Å². The Hall–Kier alpha value is -1.56. The third-order valence-corrected chi connectivity index (χ3v) is 2.66. The normalized spacial score (nSPS) is 9.76. The fraction of sp³-hybridized carbons (Fsp3) is 0.273. The molecule has 0 aliphatic heterocycles. The fourth-order valence-corrected chi connectivity index (χ4v) is 1.53. The van der Waals surface area contributed by atoms with E-state index < -0.39 is 5.97 Å². The first-order valence-electron chi connectivity index (χ1n) is 4.77. The lowest BCUT2D eigenvalue weighted by atomic mass is 10.2. The molecule has 92 valence electrons. The van der Waals surface area contributed by atoms with Crippen molar-refractivity contribution in [1.29, 1.82) is 0 Å². The van der Waals surface area contributed by atoms with E-state index >= 15 is 0 Å². The summed E-state index contributed by atoms with van der Waals surface area (Å²) in [5, 5.41) is 8.88. The third-order valence-electron chi connectivity index (χ3n) is 1.97. The maximum Gasteiger partial charge on any atom is 0.336 e. The van der Waals surface area contributed by atoms with Crippen LogP contribution in [-0.2, 0) is 9.53 Å². The Kier molecular flexibility index (Phi) is 4.96. The number of methoxy groups -OCH3 is 1. The highest BCUT2D eigenvalue weighted by atomic mass is 79.9. The molecule has 5 nitrogen and oxygen atoms in total. The average molecular weight is 303 g/mol. The Morgan fingerprint density at radius 2 is 2.12 bits per heavy atom. The van der Waals surface area contributed by atoms with Crippen LogP contribution in [0.15, 0.2) is 22.7 Å².